The standard InChI is InChI=1S/C31H40N8O2/c1-19-13-15-21(16-14-19)18-39-25-26(32-20(2)22-10-6-11-22)33-28(29-36-31(40)41-37-29)34-27(25)35-30(39)38-17-7-12-24(38)23-8-4-3-5-9-23/h3-5,8-9,19-22,24H,6-7,10-18H2,1-2H3,(H,32,33,34)(H,36,37,40)/t19-,20-,21-,24?/m1/s1. The van der Waals surface area contributed by atoms with Crippen LogP contribution in [0.3, 0.4) is 0 Å². The summed E-state index contributed by atoms with van der Waals surface area (Å²) in [6.45, 7) is 6.46. The van der Waals surface area contributed by atoms with E-state index in [1.165, 1.54) is 50.5 Å². The SMILES string of the molecule is C[C@@H](Nc1nc(-c2noc(=O)[nH]2)nc2nc(N3CCCC3c3ccccc3)n(C[C@H]3CC[C@H](C)CC3)c12)C1CCC1. The van der Waals surface area contributed by atoms with E-state index in [-0.39, 0.29) is 17.9 Å². The Labute approximate surface area is 240 Å². The maximum absolute atomic E-state index is 11.8. The van der Waals surface area contributed by atoms with Crippen LogP contribution in [0.15, 0.2) is 39.6 Å². The molecule has 3 aliphatic rings. The molecule has 41 heavy (non-hydrogen) atoms. The van der Waals surface area contributed by atoms with Crippen molar-refractivity contribution in [1.82, 2.24) is 29.7 Å². The van der Waals surface area contributed by atoms with Gasteiger partial charge in [0.25, 0.3) is 0 Å². The minimum Gasteiger partial charge on any atom is -0.365 e. The van der Waals surface area contributed by atoms with E-state index in [9.17, 15) is 4.79 Å². The summed E-state index contributed by atoms with van der Waals surface area (Å²) in [5, 5.41) is 7.65. The van der Waals surface area contributed by atoms with E-state index in [1.807, 2.05) is 0 Å². The third-order valence-corrected chi connectivity index (χ3v) is 9.73. The summed E-state index contributed by atoms with van der Waals surface area (Å²) in [6, 6.07) is 11.3. The molecule has 2 N–H and O–H groups in total. The fraction of sp³-hybridized carbons (Fsp3) is 0.581. The van der Waals surface area contributed by atoms with Crippen LogP contribution in [0.5, 0.6) is 0 Å². The molecule has 216 valence electrons. The Morgan fingerprint density at radius 3 is 2.54 bits per heavy atom. The van der Waals surface area contributed by atoms with Crippen molar-refractivity contribution in [2.45, 2.75) is 90.3 Å². The highest BCUT2D eigenvalue weighted by atomic mass is 16.5. The number of nitrogens with zero attached hydrogens (tertiary/aromatic N) is 6. The monoisotopic (exact) mass is 556 g/mol. The molecule has 10 heteroatoms. The first-order valence-electron chi connectivity index (χ1n) is 15.5. The summed E-state index contributed by atoms with van der Waals surface area (Å²) < 4.78 is 7.21. The lowest BCUT2D eigenvalue weighted by Crippen LogP contribution is -2.31. The van der Waals surface area contributed by atoms with Gasteiger partial charge in [0.1, 0.15) is 5.52 Å². The van der Waals surface area contributed by atoms with Crippen LogP contribution in [0.2, 0.25) is 0 Å². The molecule has 3 fully saturated rings. The average molecular weight is 557 g/mol. The van der Waals surface area contributed by atoms with Crippen molar-refractivity contribution in [3.63, 3.8) is 0 Å². The number of hydrogen-bond donors (Lipinski definition) is 2. The summed E-state index contributed by atoms with van der Waals surface area (Å²) in [7, 11) is 0. The van der Waals surface area contributed by atoms with Gasteiger partial charge in [-0.3, -0.25) is 9.51 Å². The molecule has 0 radical (unpaired) electrons. The fourth-order valence-corrected chi connectivity index (χ4v) is 7.02. The molecule has 2 atom stereocenters. The smallest absolute Gasteiger partial charge is 0.365 e. The number of fused-ring (bicyclic) bond motifs is 1. The molecule has 1 aliphatic heterocycles. The molecule has 1 unspecified atom stereocenters. The molecule has 2 saturated carbocycles. The molecule has 10 nitrogen and oxygen atoms in total. The van der Waals surface area contributed by atoms with Crippen LogP contribution in [0.4, 0.5) is 11.8 Å². The van der Waals surface area contributed by atoms with Crippen molar-refractivity contribution < 1.29 is 4.52 Å². The number of anilines is 2. The van der Waals surface area contributed by atoms with Crippen LogP contribution in [0, 0.1) is 17.8 Å². The lowest BCUT2D eigenvalue weighted by atomic mass is 9.80. The Morgan fingerprint density at radius 2 is 1.83 bits per heavy atom. The van der Waals surface area contributed by atoms with Crippen molar-refractivity contribution in [3.8, 4) is 11.6 Å². The molecular formula is C31H40N8O2. The van der Waals surface area contributed by atoms with E-state index in [0.29, 0.717) is 23.3 Å². The Balaban J connectivity index is 1.37. The highest BCUT2D eigenvalue weighted by molar-refractivity contribution is 5.87. The maximum Gasteiger partial charge on any atom is 0.439 e. The molecule has 4 aromatic rings. The van der Waals surface area contributed by atoms with Crippen molar-refractivity contribution in [2.24, 2.45) is 17.8 Å². The lowest BCUT2D eigenvalue weighted by Gasteiger charge is -2.33. The van der Waals surface area contributed by atoms with Gasteiger partial charge < -0.3 is 14.8 Å². The first-order valence-corrected chi connectivity index (χ1v) is 15.5. The quantitative estimate of drug-likeness (QED) is 0.274. The molecule has 4 heterocycles. The van der Waals surface area contributed by atoms with Crippen molar-refractivity contribution in [1.29, 1.82) is 0 Å². The van der Waals surface area contributed by atoms with E-state index in [0.717, 1.165) is 49.1 Å². The van der Waals surface area contributed by atoms with E-state index < -0.39 is 5.76 Å². The van der Waals surface area contributed by atoms with Crippen molar-refractivity contribution >= 4 is 22.9 Å². The van der Waals surface area contributed by atoms with Gasteiger partial charge in [-0.05, 0) is 68.8 Å². The first kappa shape index (κ1) is 26.2. The van der Waals surface area contributed by atoms with Gasteiger partial charge in [-0.15, -0.1) is 0 Å². The number of aromatic nitrogens is 6. The first-order chi connectivity index (χ1) is 20.0. The average Bonchev–Trinajstić information content (AvgIpc) is 3.68. The second kappa shape index (κ2) is 10.9. The minimum atomic E-state index is -0.624. The summed E-state index contributed by atoms with van der Waals surface area (Å²) in [5.74, 6) is 3.63. The molecule has 0 bridgehead atoms. The zero-order valence-electron chi connectivity index (χ0n) is 24.1. The lowest BCUT2D eigenvalue weighted by molar-refractivity contribution is 0.266. The Morgan fingerprint density at radius 1 is 1.02 bits per heavy atom. The molecule has 2 aliphatic carbocycles. The summed E-state index contributed by atoms with van der Waals surface area (Å²) in [4.78, 5) is 31.9. The topological polar surface area (TPSA) is 118 Å². The third-order valence-electron chi connectivity index (χ3n) is 9.73. The van der Waals surface area contributed by atoms with Crippen molar-refractivity contribution in [2.75, 3.05) is 16.8 Å². The largest absolute Gasteiger partial charge is 0.439 e. The zero-order valence-corrected chi connectivity index (χ0v) is 24.1. The number of benzene rings is 1. The van der Waals surface area contributed by atoms with Crippen LogP contribution in [0.25, 0.3) is 22.8 Å². The van der Waals surface area contributed by atoms with Gasteiger partial charge in [0.15, 0.2) is 11.5 Å². The van der Waals surface area contributed by atoms with Gasteiger partial charge in [-0.25, -0.2) is 14.8 Å². The summed E-state index contributed by atoms with van der Waals surface area (Å²) in [5.41, 5.74) is 2.89. The van der Waals surface area contributed by atoms with Gasteiger partial charge in [0.2, 0.25) is 17.6 Å². The van der Waals surface area contributed by atoms with Crippen LogP contribution >= 0.6 is 0 Å². The second-order valence-corrected chi connectivity index (χ2v) is 12.5. The van der Waals surface area contributed by atoms with Gasteiger partial charge >= 0.3 is 5.76 Å². The molecule has 3 aromatic heterocycles. The highest BCUT2D eigenvalue weighted by Gasteiger charge is 2.33. The predicted octanol–water partition coefficient (Wildman–Crippen LogP) is 5.94. The number of rotatable bonds is 8. The molecule has 0 amide bonds. The van der Waals surface area contributed by atoms with Gasteiger partial charge in [-0.1, -0.05) is 61.7 Å². The normalized spacial score (nSPS) is 24.0. The molecular weight excluding hydrogens is 516 g/mol. The van der Waals surface area contributed by atoms with E-state index in [1.54, 1.807) is 0 Å². The number of aromatic amines is 1. The minimum absolute atomic E-state index is 0.219. The second-order valence-electron chi connectivity index (χ2n) is 12.5. The number of imidazole rings is 1. The van der Waals surface area contributed by atoms with E-state index in [2.05, 4.69) is 69.1 Å². The maximum atomic E-state index is 11.8. The Bertz CT molecular complexity index is 1550. The number of H-pyrrole nitrogens is 1. The summed E-state index contributed by atoms with van der Waals surface area (Å²) in [6.07, 6.45) is 10.9. The molecule has 1 saturated heterocycles. The van der Waals surface area contributed by atoms with Crippen LogP contribution in [0.1, 0.15) is 83.2 Å². The zero-order chi connectivity index (χ0) is 27.9. The highest BCUT2D eigenvalue weighted by Crippen LogP contribution is 2.40. The van der Waals surface area contributed by atoms with Crippen LogP contribution in [-0.4, -0.2) is 42.2 Å². The number of hydrogen-bond acceptors (Lipinski definition) is 8. The Hall–Kier alpha value is -3.69. The fourth-order valence-electron chi connectivity index (χ4n) is 7.02. The van der Waals surface area contributed by atoms with Gasteiger partial charge in [0.05, 0.1) is 6.04 Å². The van der Waals surface area contributed by atoms with Gasteiger partial charge in [-0.2, -0.15) is 4.98 Å². The van der Waals surface area contributed by atoms with Crippen LogP contribution < -0.4 is 16.0 Å². The van der Waals surface area contributed by atoms with Crippen LogP contribution in [-0.2, 0) is 6.54 Å². The third kappa shape index (κ3) is 5.13. The predicted molar refractivity (Wildman–Crippen MR) is 159 cm³/mol. The van der Waals surface area contributed by atoms with E-state index in [4.69, 9.17) is 19.5 Å². The summed E-state index contributed by atoms with van der Waals surface area (Å²) >= 11 is 0. The number of nitrogens with one attached hydrogen (secondary N) is 2. The van der Waals surface area contributed by atoms with Crippen molar-refractivity contribution in [3.05, 3.63) is 46.4 Å². The molecule has 1 aromatic carbocycles. The molecule has 7 rings (SSSR count). The molecule has 0 spiro atoms. The van der Waals surface area contributed by atoms with E-state index >= 15 is 0 Å². The Kier molecular flexibility index (Phi) is 7.00. The van der Waals surface area contributed by atoms with Gasteiger partial charge in [0, 0.05) is 19.1 Å².